The molecule has 0 aliphatic heterocycles. The van der Waals surface area contributed by atoms with Gasteiger partial charge in [-0.1, -0.05) is 40.5 Å². The van der Waals surface area contributed by atoms with Crippen LogP contribution in [0.15, 0.2) is 0 Å². The first-order chi connectivity index (χ1) is 14.9. The Kier molecular flexibility index (Phi) is 14.2. The monoisotopic (exact) mass is 476 g/mol. The summed E-state index contributed by atoms with van der Waals surface area (Å²) >= 11 is 1.46. The lowest BCUT2D eigenvalue weighted by atomic mass is 9.98. The van der Waals surface area contributed by atoms with Crippen LogP contribution in [-0.2, 0) is 19.2 Å². The second-order valence-electron chi connectivity index (χ2n) is 8.19. The van der Waals surface area contributed by atoms with Crippen LogP contribution in [0.3, 0.4) is 0 Å². The topological polar surface area (TPSA) is 171 Å². The van der Waals surface area contributed by atoms with Gasteiger partial charge < -0.3 is 31.9 Å². The van der Waals surface area contributed by atoms with Crippen LogP contribution in [-0.4, -0.2) is 76.2 Å². The van der Waals surface area contributed by atoms with Gasteiger partial charge >= 0.3 is 5.97 Å². The Morgan fingerprint density at radius 3 is 1.84 bits per heavy atom. The summed E-state index contributed by atoms with van der Waals surface area (Å²) in [6.45, 7) is 8.57. The molecule has 0 saturated carbocycles. The van der Waals surface area contributed by atoms with E-state index < -0.39 is 54.0 Å². The van der Waals surface area contributed by atoms with Gasteiger partial charge in [0, 0.05) is 0 Å². The zero-order valence-electron chi connectivity index (χ0n) is 19.9. The Balaban J connectivity index is 5.46. The molecule has 0 spiro atoms. The molecule has 0 fully saturated rings. The van der Waals surface area contributed by atoms with Gasteiger partial charge in [0.25, 0.3) is 0 Å². The van der Waals surface area contributed by atoms with Crippen LogP contribution in [0.1, 0.15) is 53.9 Å². The van der Waals surface area contributed by atoms with Crippen molar-refractivity contribution in [3.05, 3.63) is 0 Å². The van der Waals surface area contributed by atoms with Gasteiger partial charge in [-0.05, 0) is 37.2 Å². The number of hydrogen-bond donors (Lipinski definition) is 6. The first-order valence-electron chi connectivity index (χ1n) is 11.0. The molecular formula is C21H40N4O6S. The fraction of sp³-hybridized carbons (Fsp3) is 0.810. The third kappa shape index (κ3) is 9.74. The van der Waals surface area contributed by atoms with Crippen LogP contribution in [0.2, 0.25) is 0 Å². The average molecular weight is 477 g/mol. The van der Waals surface area contributed by atoms with E-state index in [0.29, 0.717) is 18.6 Å². The summed E-state index contributed by atoms with van der Waals surface area (Å²) < 4.78 is 0. The van der Waals surface area contributed by atoms with E-state index in [0.717, 1.165) is 0 Å². The summed E-state index contributed by atoms with van der Waals surface area (Å²) in [5.41, 5.74) is 5.91. The van der Waals surface area contributed by atoms with Crippen molar-refractivity contribution >= 4 is 35.5 Å². The van der Waals surface area contributed by atoms with Gasteiger partial charge in [0.15, 0.2) is 0 Å². The maximum atomic E-state index is 12.8. The van der Waals surface area contributed by atoms with Crippen LogP contribution in [0.25, 0.3) is 0 Å². The summed E-state index contributed by atoms with van der Waals surface area (Å²) in [5.74, 6) is -3.01. The Labute approximate surface area is 194 Å². The van der Waals surface area contributed by atoms with Gasteiger partial charge in [-0.2, -0.15) is 11.8 Å². The molecule has 11 heteroatoms. The quantitative estimate of drug-likeness (QED) is 0.193. The maximum Gasteiger partial charge on any atom is 0.326 e. The molecule has 0 saturated heterocycles. The van der Waals surface area contributed by atoms with Gasteiger partial charge in [0.2, 0.25) is 17.7 Å². The second-order valence-corrected chi connectivity index (χ2v) is 9.18. The zero-order valence-corrected chi connectivity index (χ0v) is 20.7. The van der Waals surface area contributed by atoms with Crippen molar-refractivity contribution in [2.45, 2.75) is 84.2 Å². The molecule has 0 bridgehead atoms. The highest BCUT2D eigenvalue weighted by Crippen LogP contribution is 2.10. The summed E-state index contributed by atoms with van der Waals surface area (Å²) in [7, 11) is 0. The van der Waals surface area contributed by atoms with Gasteiger partial charge in [0.05, 0.1) is 12.1 Å². The normalized spacial score (nSPS) is 17.8. The van der Waals surface area contributed by atoms with Gasteiger partial charge in [0.1, 0.15) is 18.1 Å². The van der Waals surface area contributed by atoms with Crippen LogP contribution < -0.4 is 21.7 Å². The van der Waals surface area contributed by atoms with E-state index in [1.165, 1.54) is 18.7 Å². The first-order valence-corrected chi connectivity index (χ1v) is 12.4. The van der Waals surface area contributed by atoms with E-state index in [1.54, 1.807) is 13.8 Å². The fourth-order valence-corrected chi connectivity index (χ4v) is 3.34. The molecule has 186 valence electrons. The number of carboxylic acid groups (broad SMARTS) is 1. The lowest BCUT2D eigenvalue weighted by molar-refractivity contribution is -0.144. The minimum Gasteiger partial charge on any atom is -0.480 e. The second kappa shape index (κ2) is 15.1. The molecule has 7 N–H and O–H groups in total. The third-order valence-electron chi connectivity index (χ3n) is 5.64. The highest BCUT2D eigenvalue weighted by atomic mass is 32.2. The summed E-state index contributed by atoms with van der Waals surface area (Å²) in [6, 6.07) is -4.28. The number of rotatable bonds is 15. The number of carbonyl (C=O) groups excluding carboxylic acids is 3. The number of aliphatic hydroxyl groups excluding tert-OH is 1. The molecule has 0 aromatic heterocycles. The van der Waals surface area contributed by atoms with E-state index in [9.17, 15) is 29.4 Å². The smallest absolute Gasteiger partial charge is 0.326 e. The molecule has 7 unspecified atom stereocenters. The molecule has 0 aliphatic carbocycles. The Bertz CT molecular complexity index is 633. The van der Waals surface area contributed by atoms with E-state index in [2.05, 4.69) is 16.0 Å². The van der Waals surface area contributed by atoms with Crippen molar-refractivity contribution in [2.75, 3.05) is 12.0 Å². The van der Waals surface area contributed by atoms with Gasteiger partial charge in [-0.15, -0.1) is 0 Å². The zero-order chi connectivity index (χ0) is 25.0. The SMILES string of the molecule is CCC(C)C(N)C(=O)NC(C(=O)NC(CCSC)C(=O)NC(C(=O)O)C(C)CC)C(C)O. The van der Waals surface area contributed by atoms with E-state index in [4.69, 9.17) is 5.73 Å². The molecule has 0 radical (unpaired) electrons. The Morgan fingerprint density at radius 1 is 0.875 bits per heavy atom. The van der Waals surface area contributed by atoms with Crippen molar-refractivity contribution in [3.8, 4) is 0 Å². The standard InChI is InChI=1S/C21H40N4O6S/c1-7-11(3)15(22)19(28)25-17(13(5)26)20(29)23-14(9-10-32-6)18(27)24-16(21(30)31)12(4)8-2/h11-17,26H,7-10,22H2,1-6H3,(H,23,29)(H,24,27)(H,25,28)(H,30,31). The maximum absolute atomic E-state index is 12.8. The van der Waals surface area contributed by atoms with Crippen molar-refractivity contribution in [2.24, 2.45) is 17.6 Å². The third-order valence-corrected chi connectivity index (χ3v) is 6.29. The number of aliphatic carboxylic acids is 1. The number of hydrogen-bond acceptors (Lipinski definition) is 7. The lowest BCUT2D eigenvalue weighted by Crippen LogP contribution is -2.60. The van der Waals surface area contributed by atoms with E-state index in [1.807, 2.05) is 20.1 Å². The number of aliphatic hydroxyl groups is 1. The van der Waals surface area contributed by atoms with Crippen LogP contribution >= 0.6 is 11.8 Å². The Hall–Kier alpha value is -1.85. The predicted octanol–water partition coefficient (Wildman–Crippen LogP) is 0.0788. The molecule has 0 aromatic rings. The molecule has 0 aromatic carbocycles. The summed E-state index contributed by atoms with van der Waals surface area (Å²) in [4.78, 5) is 49.6. The number of nitrogens with one attached hydrogen (secondary N) is 3. The molecule has 0 rings (SSSR count). The van der Waals surface area contributed by atoms with Crippen molar-refractivity contribution in [1.82, 2.24) is 16.0 Å². The predicted molar refractivity (Wildman–Crippen MR) is 125 cm³/mol. The Morgan fingerprint density at radius 2 is 1.41 bits per heavy atom. The van der Waals surface area contributed by atoms with Gasteiger partial charge in [-0.25, -0.2) is 4.79 Å². The molecule has 0 aliphatic rings. The van der Waals surface area contributed by atoms with Crippen molar-refractivity contribution < 1.29 is 29.4 Å². The average Bonchev–Trinajstić information content (AvgIpc) is 2.75. The molecular weight excluding hydrogens is 436 g/mol. The summed E-state index contributed by atoms with van der Waals surface area (Å²) in [5, 5.41) is 27.0. The summed E-state index contributed by atoms with van der Waals surface area (Å²) in [6.07, 6.45) is 2.06. The minimum absolute atomic E-state index is 0.124. The van der Waals surface area contributed by atoms with Crippen molar-refractivity contribution in [3.63, 3.8) is 0 Å². The number of nitrogens with two attached hydrogens (primary N) is 1. The number of carboxylic acids is 1. The lowest BCUT2D eigenvalue weighted by Gasteiger charge is -2.28. The van der Waals surface area contributed by atoms with Crippen LogP contribution in [0, 0.1) is 11.8 Å². The molecule has 0 heterocycles. The van der Waals surface area contributed by atoms with Crippen molar-refractivity contribution in [1.29, 1.82) is 0 Å². The van der Waals surface area contributed by atoms with Gasteiger partial charge in [-0.3, -0.25) is 14.4 Å². The number of carbonyl (C=O) groups is 4. The fourth-order valence-electron chi connectivity index (χ4n) is 2.87. The van der Waals surface area contributed by atoms with E-state index >= 15 is 0 Å². The highest BCUT2D eigenvalue weighted by Gasteiger charge is 2.33. The molecule has 10 nitrogen and oxygen atoms in total. The number of amides is 3. The number of thioether (sulfide) groups is 1. The highest BCUT2D eigenvalue weighted by molar-refractivity contribution is 7.98. The molecule has 3 amide bonds. The first kappa shape index (κ1) is 30.1. The van der Waals surface area contributed by atoms with E-state index in [-0.39, 0.29) is 18.3 Å². The van der Waals surface area contributed by atoms with Crippen LogP contribution in [0.4, 0.5) is 0 Å². The minimum atomic E-state index is -1.31. The van der Waals surface area contributed by atoms with Crippen LogP contribution in [0.5, 0.6) is 0 Å². The molecule has 32 heavy (non-hydrogen) atoms. The molecule has 7 atom stereocenters. The largest absolute Gasteiger partial charge is 0.480 e.